The number of benzene rings is 1. The summed E-state index contributed by atoms with van der Waals surface area (Å²) in [6.07, 6.45) is 1.72. The lowest BCUT2D eigenvalue weighted by molar-refractivity contribution is 0.414. The second kappa shape index (κ2) is 9.20. The number of rotatable bonds is 8. The van der Waals surface area contributed by atoms with E-state index in [2.05, 4.69) is 4.98 Å². The van der Waals surface area contributed by atoms with E-state index in [0.29, 0.717) is 18.7 Å². The molecule has 0 fully saturated rings. The Kier molecular flexibility index (Phi) is 6.32. The minimum atomic E-state index is -0.550. The third-order valence-electron chi connectivity index (χ3n) is 6.14. The van der Waals surface area contributed by atoms with Crippen molar-refractivity contribution in [2.75, 3.05) is 7.11 Å². The number of aryl methyl sites for hydroxylation is 2. The van der Waals surface area contributed by atoms with Crippen LogP contribution in [0.1, 0.15) is 44.7 Å². The highest BCUT2D eigenvalue weighted by atomic mass is 16.5. The molecule has 0 aliphatic heterocycles. The fourth-order valence-electron chi connectivity index (χ4n) is 4.28. The van der Waals surface area contributed by atoms with Crippen LogP contribution >= 0.6 is 0 Å². The molecule has 1 N–H and O–H groups in total. The number of fused-ring (bicyclic) bond motifs is 3. The van der Waals surface area contributed by atoms with Crippen LogP contribution in [0, 0.1) is 0 Å². The smallest absolute Gasteiger partial charge is 0.332 e. The Bertz CT molecular complexity index is 1540. The van der Waals surface area contributed by atoms with Gasteiger partial charge in [-0.05, 0) is 38.0 Å². The molecule has 10 nitrogen and oxygen atoms in total. The summed E-state index contributed by atoms with van der Waals surface area (Å²) in [5, 5.41) is 11.3. The zero-order valence-electron chi connectivity index (χ0n) is 19.9. The van der Waals surface area contributed by atoms with E-state index in [9.17, 15) is 19.5 Å². The first kappa shape index (κ1) is 23.3. The third kappa shape index (κ3) is 3.59. The predicted molar refractivity (Wildman–Crippen MR) is 129 cm³/mol. The molecule has 3 aromatic heterocycles. The van der Waals surface area contributed by atoms with Gasteiger partial charge in [0.05, 0.1) is 12.7 Å². The van der Waals surface area contributed by atoms with Crippen LogP contribution in [0.15, 0.2) is 38.6 Å². The average Bonchev–Trinajstić information content (AvgIpc) is 3.23. The average molecular weight is 468 g/mol. The van der Waals surface area contributed by atoms with Crippen molar-refractivity contribution in [3.05, 3.63) is 66.6 Å². The van der Waals surface area contributed by atoms with Crippen LogP contribution in [0.5, 0.6) is 11.6 Å². The summed E-state index contributed by atoms with van der Waals surface area (Å²) in [4.78, 5) is 44.2. The molecular weight excluding hydrogens is 438 g/mol. The Morgan fingerprint density at radius 1 is 0.941 bits per heavy atom. The van der Waals surface area contributed by atoms with Crippen LogP contribution in [-0.2, 0) is 26.1 Å². The van der Waals surface area contributed by atoms with Crippen molar-refractivity contribution in [1.29, 1.82) is 0 Å². The summed E-state index contributed by atoms with van der Waals surface area (Å²) in [5.41, 5.74) is -0.191. The number of imidazole rings is 1. The molecule has 1 aromatic carbocycles. The minimum Gasteiger partial charge on any atom is -0.497 e. The maximum absolute atomic E-state index is 13.5. The number of aromatic nitrogens is 5. The fourth-order valence-corrected chi connectivity index (χ4v) is 4.28. The fraction of sp³-hybridized carbons (Fsp3) is 0.417. The van der Waals surface area contributed by atoms with Crippen LogP contribution < -0.4 is 21.5 Å². The topological polar surface area (TPSA) is 113 Å². The van der Waals surface area contributed by atoms with Crippen molar-refractivity contribution < 1.29 is 9.84 Å². The highest BCUT2D eigenvalue weighted by Crippen LogP contribution is 2.24. The van der Waals surface area contributed by atoms with E-state index in [1.807, 2.05) is 19.1 Å². The molecule has 0 saturated heterocycles. The Balaban J connectivity index is 2.11. The summed E-state index contributed by atoms with van der Waals surface area (Å²) >= 11 is 0. The Labute approximate surface area is 195 Å². The largest absolute Gasteiger partial charge is 0.497 e. The lowest BCUT2D eigenvalue weighted by Gasteiger charge is -2.13. The molecule has 3 heterocycles. The van der Waals surface area contributed by atoms with Gasteiger partial charge in [-0.25, -0.2) is 9.20 Å². The molecule has 0 saturated carbocycles. The maximum Gasteiger partial charge on any atom is 0.332 e. The van der Waals surface area contributed by atoms with Gasteiger partial charge in [0.2, 0.25) is 11.7 Å². The quantitative estimate of drug-likeness (QED) is 0.425. The number of aromatic hydroxyl groups is 1. The van der Waals surface area contributed by atoms with Crippen LogP contribution in [0.25, 0.3) is 16.9 Å². The number of nitrogens with zero attached hydrogens (tertiary/aromatic N) is 5. The second-order valence-corrected chi connectivity index (χ2v) is 8.13. The van der Waals surface area contributed by atoms with Gasteiger partial charge >= 0.3 is 5.69 Å². The van der Waals surface area contributed by atoms with Gasteiger partial charge < -0.3 is 9.84 Å². The number of methoxy groups -OCH3 is 1. The summed E-state index contributed by atoms with van der Waals surface area (Å²) < 4.78 is 10.5. The maximum atomic E-state index is 13.5. The summed E-state index contributed by atoms with van der Waals surface area (Å²) in [6, 6.07) is 7.21. The molecule has 0 unspecified atom stereocenters. The molecule has 0 bridgehead atoms. The molecule has 4 rings (SSSR count). The van der Waals surface area contributed by atoms with E-state index in [0.717, 1.165) is 16.6 Å². The normalized spacial score (nSPS) is 11.5. The summed E-state index contributed by atoms with van der Waals surface area (Å²) in [5.74, 6) is 0.492. The molecule has 0 aliphatic rings. The zero-order valence-corrected chi connectivity index (χ0v) is 19.9. The van der Waals surface area contributed by atoms with E-state index in [4.69, 9.17) is 4.74 Å². The molecule has 10 heteroatoms. The Morgan fingerprint density at radius 2 is 1.62 bits per heavy atom. The third-order valence-corrected chi connectivity index (χ3v) is 6.14. The van der Waals surface area contributed by atoms with Crippen LogP contribution in [0.3, 0.4) is 0 Å². The van der Waals surface area contributed by atoms with E-state index in [1.54, 1.807) is 33.1 Å². The van der Waals surface area contributed by atoms with Gasteiger partial charge in [0, 0.05) is 26.1 Å². The van der Waals surface area contributed by atoms with Gasteiger partial charge in [-0.2, -0.15) is 4.98 Å². The Hall–Kier alpha value is -3.82. The molecule has 180 valence electrons. The standard InChI is InChI=1S/C24H29N5O5/c1-5-8-13-28-20(30)17(14-15-9-11-16(34-4)12-10-15)21(31)29-18-19(25-23(28)29)26(6-2)24(33)27(7-3)22(18)32/h9-12,31H,5-8,13-14H2,1-4H3. The summed E-state index contributed by atoms with van der Waals surface area (Å²) in [6.45, 7) is 6.35. The molecule has 0 aliphatic carbocycles. The molecule has 0 spiro atoms. The van der Waals surface area contributed by atoms with Crippen LogP contribution in [-0.4, -0.2) is 35.3 Å². The van der Waals surface area contributed by atoms with Crippen LogP contribution in [0.4, 0.5) is 0 Å². The highest BCUT2D eigenvalue weighted by molar-refractivity contribution is 5.76. The molecule has 0 amide bonds. The molecular formula is C24H29N5O5. The van der Waals surface area contributed by atoms with Crippen molar-refractivity contribution in [2.45, 2.75) is 59.7 Å². The van der Waals surface area contributed by atoms with E-state index >= 15 is 0 Å². The monoisotopic (exact) mass is 467 g/mol. The van der Waals surface area contributed by atoms with Gasteiger partial charge in [0.25, 0.3) is 11.1 Å². The van der Waals surface area contributed by atoms with Gasteiger partial charge in [-0.1, -0.05) is 25.5 Å². The number of hydrogen-bond donors (Lipinski definition) is 1. The SMILES string of the molecule is CCCCn1c(=O)c(Cc2ccc(OC)cc2)c(O)n2c3c(=O)n(CC)c(=O)n(CC)c3nc12. The first-order chi connectivity index (χ1) is 16.4. The number of unbranched alkanes of at least 4 members (excludes halogenated alkanes) is 1. The van der Waals surface area contributed by atoms with Crippen molar-refractivity contribution >= 4 is 16.9 Å². The van der Waals surface area contributed by atoms with E-state index in [1.165, 1.54) is 13.5 Å². The van der Waals surface area contributed by atoms with E-state index in [-0.39, 0.29) is 53.5 Å². The van der Waals surface area contributed by atoms with Gasteiger partial charge in [0.1, 0.15) is 5.75 Å². The first-order valence-corrected chi connectivity index (χ1v) is 11.5. The van der Waals surface area contributed by atoms with Gasteiger partial charge in [0.15, 0.2) is 11.2 Å². The second-order valence-electron chi connectivity index (χ2n) is 8.13. The summed E-state index contributed by atoms with van der Waals surface area (Å²) in [7, 11) is 1.57. The van der Waals surface area contributed by atoms with Gasteiger partial charge in [-0.15, -0.1) is 0 Å². The predicted octanol–water partition coefficient (Wildman–Crippen LogP) is 2.12. The zero-order chi connectivity index (χ0) is 24.6. The number of hydrogen-bond acceptors (Lipinski definition) is 6. The first-order valence-electron chi connectivity index (χ1n) is 11.5. The van der Waals surface area contributed by atoms with Crippen molar-refractivity contribution in [1.82, 2.24) is 23.1 Å². The molecule has 4 aromatic rings. The van der Waals surface area contributed by atoms with Crippen molar-refractivity contribution in [3.63, 3.8) is 0 Å². The van der Waals surface area contributed by atoms with E-state index < -0.39 is 11.2 Å². The van der Waals surface area contributed by atoms with Crippen molar-refractivity contribution in [3.8, 4) is 11.6 Å². The molecule has 0 atom stereocenters. The number of ether oxygens (including phenoxy) is 1. The lowest BCUT2D eigenvalue weighted by Crippen LogP contribution is -2.39. The Morgan fingerprint density at radius 3 is 2.21 bits per heavy atom. The van der Waals surface area contributed by atoms with Crippen LogP contribution in [0.2, 0.25) is 0 Å². The highest BCUT2D eigenvalue weighted by Gasteiger charge is 2.25. The lowest BCUT2D eigenvalue weighted by atomic mass is 10.1. The van der Waals surface area contributed by atoms with Crippen molar-refractivity contribution in [2.24, 2.45) is 0 Å². The van der Waals surface area contributed by atoms with Gasteiger partial charge in [-0.3, -0.25) is 23.3 Å². The molecule has 0 radical (unpaired) electrons. The molecule has 34 heavy (non-hydrogen) atoms. The minimum absolute atomic E-state index is 0.0806.